The predicted octanol–water partition coefficient (Wildman–Crippen LogP) is 18.7. The molecule has 12 rings (SSSR count). The molecule has 0 spiro atoms. The van der Waals surface area contributed by atoms with Gasteiger partial charge in [0.25, 0.3) is 0 Å². The molecule has 0 aliphatic heterocycles. The summed E-state index contributed by atoms with van der Waals surface area (Å²) in [6, 6.07) is 62.9. The maximum absolute atomic E-state index is 6.97. The third kappa shape index (κ3) is 6.11. The van der Waals surface area contributed by atoms with Gasteiger partial charge in [-0.2, -0.15) is 0 Å². The van der Waals surface area contributed by atoms with E-state index in [0.29, 0.717) is 11.8 Å². The molecule has 4 heteroatoms. The fourth-order valence-corrected chi connectivity index (χ4v) is 10.6. The van der Waals surface area contributed by atoms with Gasteiger partial charge in [0, 0.05) is 43.7 Å². The minimum Gasteiger partial charge on any atom is -0.454 e. The number of fused-ring (bicyclic) bond motifs is 6. The summed E-state index contributed by atoms with van der Waals surface area (Å²) in [5, 5.41) is 11.8. The van der Waals surface area contributed by atoms with Crippen molar-refractivity contribution in [3.05, 3.63) is 192 Å². The SMILES string of the molecule is CCc1cccc2c1oc1c(N(c3ccc(C(C)C)cc3)c3ccc4ccc5c(N(c6ccc(C(C)C)cc6)c6cccc7c6oc6c(CC)cccc67)ccc6ccc3c4c65)cccc12. The Morgan fingerprint density at radius 2 is 0.712 bits per heavy atom. The Morgan fingerprint density at radius 1 is 0.348 bits per heavy atom. The first kappa shape index (κ1) is 40.0. The first-order chi connectivity index (χ1) is 32.3. The topological polar surface area (TPSA) is 32.8 Å². The van der Waals surface area contributed by atoms with Crippen LogP contribution >= 0.6 is 0 Å². The minimum atomic E-state index is 0.419. The third-order valence-electron chi connectivity index (χ3n) is 14.2. The summed E-state index contributed by atoms with van der Waals surface area (Å²) in [4.78, 5) is 4.84. The van der Waals surface area contributed by atoms with Gasteiger partial charge in [-0.05, 0) is 117 Å². The summed E-state index contributed by atoms with van der Waals surface area (Å²) < 4.78 is 13.9. The van der Waals surface area contributed by atoms with Crippen LogP contribution in [0.4, 0.5) is 34.1 Å². The predicted molar refractivity (Wildman–Crippen MR) is 281 cm³/mol. The van der Waals surface area contributed by atoms with E-state index in [1.165, 1.54) is 54.6 Å². The molecule has 322 valence electrons. The van der Waals surface area contributed by atoms with Crippen molar-refractivity contribution in [2.45, 2.75) is 66.2 Å². The highest BCUT2D eigenvalue weighted by molar-refractivity contribution is 6.28. The lowest BCUT2D eigenvalue weighted by atomic mass is 9.91. The average Bonchev–Trinajstić information content (AvgIpc) is 3.94. The monoisotopic (exact) mass is 856 g/mol. The first-order valence-electron chi connectivity index (χ1n) is 23.7. The van der Waals surface area contributed by atoms with E-state index in [1.54, 1.807) is 0 Å². The number of para-hydroxylation sites is 4. The number of hydrogen-bond acceptors (Lipinski definition) is 4. The molecule has 0 saturated heterocycles. The van der Waals surface area contributed by atoms with Gasteiger partial charge < -0.3 is 18.6 Å². The molecule has 0 radical (unpaired) electrons. The Kier molecular flexibility index (Phi) is 9.43. The normalized spacial score (nSPS) is 12.2. The summed E-state index contributed by atoms with van der Waals surface area (Å²) in [5.41, 5.74) is 15.2. The van der Waals surface area contributed by atoms with Crippen LogP contribution in [-0.4, -0.2) is 0 Å². The number of aryl methyl sites for hydroxylation is 2. The van der Waals surface area contributed by atoms with E-state index in [9.17, 15) is 0 Å². The summed E-state index contributed by atoms with van der Waals surface area (Å²) in [5.74, 6) is 0.839. The van der Waals surface area contributed by atoms with Crippen LogP contribution in [-0.2, 0) is 12.8 Å². The Hall–Kier alpha value is -7.56. The Balaban J connectivity index is 1.12. The summed E-state index contributed by atoms with van der Waals surface area (Å²) in [7, 11) is 0. The van der Waals surface area contributed by atoms with E-state index >= 15 is 0 Å². The van der Waals surface area contributed by atoms with Gasteiger partial charge in [-0.25, -0.2) is 0 Å². The number of furan rings is 2. The van der Waals surface area contributed by atoms with Crippen LogP contribution in [0.15, 0.2) is 179 Å². The van der Waals surface area contributed by atoms with Crippen LogP contribution < -0.4 is 9.80 Å². The maximum atomic E-state index is 6.97. The smallest absolute Gasteiger partial charge is 0.159 e. The third-order valence-corrected chi connectivity index (χ3v) is 14.2. The van der Waals surface area contributed by atoms with Crippen LogP contribution in [0.2, 0.25) is 0 Å². The van der Waals surface area contributed by atoms with Gasteiger partial charge in [-0.3, -0.25) is 0 Å². The van der Waals surface area contributed by atoms with Gasteiger partial charge in [0.2, 0.25) is 0 Å². The Labute approximate surface area is 385 Å². The van der Waals surface area contributed by atoms with E-state index in [4.69, 9.17) is 8.83 Å². The van der Waals surface area contributed by atoms with Crippen LogP contribution in [0.5, 0.6) is 0 Å². The van der Waals surface area contributed by atoms with Gasteiger partial charge in [0.15, 0.2) is 11.2 Å². The van der Waals surface area contributed by atoms with Crippen LogP contribution in [0, 0.1) is 0 Å². The van der Waals surface area contributed by atoms with Gasteiger partial charge in [-0.1, -0.05) is 163 Å². The van der Waals surface area contributed by atoms with Gasteiger partial charge in [-0.15, -0.1) is 0 Å². The summed E-state index contributed by atoms with van der Waals surface area (Å²) in [6.45, 7) is 13.4. The number of benzene rings is 10. The highest BCUT2D eigenvalue weighted by Crippen LogP contribution is 2.50. The first-order valence-corrected chi connectivity index (χ1v) is 23.7. The van der Waals surface area contributed by atoms with E-state index in [-0.39, 0.29) is 0 Å². The number of rotatable bonds is 10. The standard InChI is InChI=1S/C62H52N2O2/c1-7-39-13-9-15-47-49-17-11-19-55(61(49)65-59(39)47)63(45-29-21-41(22-30-45)37(3)4)53-35-27-43-26-34-52-54(36-28-44-25-33-51(53)57(43)58(44)52)64(46-31-23-42(24-32-46)38(5)6)56-20-12-18-50-48-16-10-14-40(8-2)60(48)66-62(50)56/h9-38H,7-8H2,1-6H3. The lowest BCUT2D eigenvalue weighted by Crippen LogP contribution is -2.12. The van der Waals surface area contributed by atoms with Crippen molar-refractivity contribution in [1.82, 2.24) is 0 Å². The number of anilines is 6. The van der Waals surface area contributed by atoms with E-state index < -0.39 is 0 Å². The zero-order chi connectivity index (χ0) is 44.8. The fraction of sp³-hybridized carbons (Fsp3) is 0.161. The van der Waals surface area contributed by atoms with E-state index in [0.717, 1.165) is 90.8 Å². The molecular weight excluding hydrogens is 805 g/mol. The van der Waals surface area contributed by atoms with Crippen molar-refractivity contribution in [2.24, 2.45) is 0 Å². The molecule has 0 aliphatic rings. The van der Waals surface area contributed by atoms with Crippen molar-refractivity contribution in [1.29, 1.82) is 0 Å². The Morgan fingerprint density at radius 3 is 1.09 bits per heavy atom. The minimum absolute atomic E-state index is 0.419. The van der Waals surface area contributed by atoms with Gasteiger partial charge in [0.05, 0.1) is 22.7 Å². The number of nitrogens with zero attached hydrogens (tertiary/aromatic N) is 2. The molecule has 10 aromatic carbocycles. The Bertz CT molecular complexity index is 3540. The van der Waals surface area contributed by atoms with Crippen LogP contribution in [0.1, 0.15) is 75.6 Å². The van der Waals surface area contributed by atoms with Crippen LogP contribution in [0.25, 0.3) is 76.2 Å². The van der Waals surface area contributed by atoms with Crippen molar-refractivity contribution in [3.8, 4) is 0 Å². The van der Waals surface area contributed by atoms with Crippen LogP contribution in [0.3, 0.4) is 0 Å². The second kappa shape index (κ2) is 15.6. The lowest BCUT2D eigenvalue weighted by Gasteiger charge is -2.29. The zero-order valence-electron chi connectivity index (χ0n) is 38.4. The largest absolute Gasteiger partial charge is 0.454 e. The van der Waals surface area contributed by atoms with E-state index in [1.807, 2.05) is 0 Å². The summed E-state index contributed by atoms with van der Waals surface area (Å²) in [6.07, 6.45) is 1.80. The van der Waals surface area contributed by atoms with Gasteiger partial charge in [0.1, 0.15) is 11.2 Å². The molecule has 0 fully saturated rings. The highest BCUT2D eigenvalue weighted by atomic mass is 16.3. The van der Waals surface area contributed by atoms with Crippen molar-refractivity contribution < 1.29 is 8.83 Å². The molecule has 2 aromatic heterocycles. The van der Waals surface area contributed by atoms with Gasteiger partial charge >= 0.3 is 0 Å². The number of hydrogen-bond donors (Lipinski definition) is 0. The molecule has 0 amide bonds. The fourth-order valence-electron chi connectivity index (χ4n) is 10.6. The maximum Gasteiger partial charge on any atom is 0.159 e. The molecule has 0 bridgehead atoms. The van der Waals surface area contributed by atoms with Crippen molar-refractivity contribution in [2.75, 3.05) is 9.80 Å². The molecule has 0 unspecified atom stereocenters. The second-order valence-corrected chi connectivity index (χ2v) is 18.6. The average molecular weight is 857 g/mol. The van der Waals surface area contributed by atoms with Crippen molar-refractivity contribution in [3.63, 3.8) is 0 Å². The quantitative estimate of drug-likeness (QED) is 0.128. The molecular formula is C62H52N2O2. The molecule has 0 N–H and O–H groups in total. The zero-order valence-corrected chi connectivity index (χ0v) is 38.4. The molecule has 0 saturated carbocycles. The molecule has 2 heterocycles. The van der Waals surface area contributed by atoms with Crippen molar-refractivity contribution >= 4 is 110 Å². The molecule has 0 aliphatic carbocycles. The molecule has 12 aromatic rings. The molecule has 4 nitrogen and oxygen atoms in total. The lowest BCUT2D eigenvalue weighted by molar-refractivity contribution is 0.663. The molecule has 0 atom stereocenters. The highest BCUT2D eigenvalue weighted by Gasteiger charge is 2.26. The second-order valence-electron chi connectivity index (χ2n) is 18.6. The van der Waals surface area contributed by atoms with E-state index in [2.05, 4.69) is 221 Å². The summed E-state index contributed by atoms with van der Waals surface area (Å²) >= 11 is 0. The molecule has 66 heavy (non-hydrogen) atoms.